The Morgan fingerprint density at radius 3 is 2.24 bits per heavy atom. The molecular formula is C13H10BrN3O4. The van der Waals surface area contributed by atoms with Crippen molar-refractivity contribution in [2.45, 2.75) is 6.54 Å². The Kier molecular flexibility index (Phi) is 4.49. The molecule has 0 aliphatic heterocycles. The van der Waals surface area contributed by atoms with Gasteiger partial charge in [0.1, 0.15) is 0 Å². The van der Waals surface area contributed by atoms with Gasteiger partial charge < -0.3 is 5.32 Å². The van der Waals surface area contributed by atoms with Crippen molar-refractivity contribution in [3.8, 4) is 0 Å². The zero-order valence-corrected chi connectivity index (χ0v) is 12.2. The van der Waals surface area contributed by atoms with E-state index in [1.54, 1.807) is 24.3 Å². The number of nitrogens with zero attached hydrogens (tertiary/aromatic N) is 2. The number of nitro benzene ring substituents is 2. The Hall–Kier alpha value is -2.48. The molecule has 0 aromatic heterocycles. The molecule has 0 aliphatic carbocycles. The van der Waals surface area contributed by atoms with Crippen molar-refractivity contribution in [1.29, 1.82) is 0 Å². The summed E-state index contributed by atoms with van der Waals surface area (Å²) in [6.07, 6.45) is 0. The molecule has 7 nitrogen and oxygen atoms in total. The number of anilines is 1. The van der Waals surface area contributed by atoms with E-state index >= 15 is 0 Å². The van der Waals surface area contributed by atoms with Crippen LogP contribution in [0.4, 0.5) is 17.1 Å². The summed E-state index contributed by atoms with van der Waals surface area (Å²) in [7, 11) is 0. The molecule has 0 amide bonds. The third kappa shape index (κ3) is 3.76. The fraction of sp³-hybridized carbons (Fsp3) is 0.0769. The van der Waals surface area contributed by atoms with Crippen molar-refractivity contribution < 1.29 is 9.85 Å². The van der Waals surface area contributed by atoms with Crippen molar-refractivity contribution in [1.82, 2.24) is 0 Å². The van der Waals surface area contributed by atoms with Crippen LogP contribution in [0.5, 0.6) is 0 Å². The lowest BCUT2D eigenvalue weighted by Gasteiger charge is -2.07. The average Bonchev–Trinajstić information content (AvgIpc) is 2.45. The fourth-order valence-electron chi connectivity index (χ4n) is 1.77. The van der Waals surface area contributed by atoms with E-state index in [1.165, 1.54) is 18.2 Å². The van der Waals surface area contributed by atoms with Crippen LogP contribution in [0, 0.1) is 20.2 Å². The lowest BCUT2D eigenvalue weighted by atomic mass is 10.1. The Balaban J connectivity index is 2.14. The summed E-state index contributed by atoms with van der Waals surface area (Å²) >= 11 is 3.27. The summed E-state index contributed by atoms with van der Waals surface area (Å²) in [5.41, 5.74) is 1.18. The first kappa shape index (κ1) is 14.9. The SMILES string of the molecule is O=[N+]([O-])c1ccc(NCc2cc(Br)ccc2[N+](=O)[O-])cc1. The van der Waals surface area contributed by atoms with Crippen molar-refractivity contribution >= 4 is 33.0 Å². The van der Waals surface area contributed by atoms with Crippen molar-refractivity contribution in [2.75, 3.05) is 5.32 Å². The summed E-state index contributed by atoms with van der Waals surface area (Å²) in [6, 6.07) is 10.6. The Bertz CT molecular complexity index is 688. The number of nitrogens with one attached hydrogen (secondary N) is 1. The second-order valence-electron chi connectivity index (χ2n) is 4.19. The molecule has 2 rings (SSSR count). The first-order valence-electron chi connectivity index (χ1n) is 5.88. The van der Waals surface area contributed by atoms with Gasteiger partial charge in [-0.2, -0.15) is 0 Å². The minimum Gasteiger partial charge on any atom is -0.381 e. The zero-order chi connectivity index (χ0) is 15.4. The van der Waals surface area contributed by atoms with Gasteiger partial charge in [0.25, 0.3) is 11.4 Å². The topological polar surface area (TPSA) is 98.3 Å². The number of nitro groups is 2. The number of rotatable bonds is 5. The van der Waals surface area contributed by atoms with Gasteiger partial charge in [0.2, 0.25) is 0 Å². The highest BCUT2D eigenvalue weighted by atomic mass is 79.9. The van der Waals surface area contributed by atoms with E-state index in [1.807, 2.05) is 0 Å². The van der Waals surface area contributed by atoms with Crippen LogP contribution in [0.2, 0.25) is 0 Å². The molecule has 0 saturated heterocycles. The van der Waals surface area contributed by atoms with Gasteiger partial charge >= 0.3 is 0 Å². The third-order valence-corrected chi connectivity index (χ3v) is 3.29. The predicted octanol–water partition coefficient (Wildman–Crippen LogP) is 3.88. The van der Waals surface area contributed by atoms with Crippen molar-refractivity contribution in [3.63, 3.8) is 0 Å². The minimum absolute atomic E-state index is 0.00557. The second-order valence-corrected chi connectivity index (χ2v) is 5.10. The van der Waals surface area contributed by atoms with Gasteiger partial charge in [0.15, 0.2) is 0 Å². The smallest absolute Gasteiger partial charge is 0.274 e. The van der Waals surface area contributed by atoms with E-state index in [0.717, 1.165) is 4.47 Å². The molecule has 0 saturated carbocycles. The van der Waals surface area contributed by atoms with Crippen molar-refractivity contribution in [3.05, 3.63) is 72.7 Å². The molecule has 0 radical (unpaired) electrons. The molecular weight excluding hydrogens is 342 g/mol. The normalized spacial score (nSPS) is 10.1. The second kappa shape index (κ2) is 6.31. The van der Waals surface area contributed by atoms with Crippen LogP contribution in [0.3, 0.4) is 0 Å². The van der Waals surface area contributed by atoms with Gasteiger partial charge in [-0.1, -0.05) is 15.9 Å². The maximum Gasteiger partial charge on any atom is 0.274 e. The van der Waals surface area contributed by atoms with Gasteiger partial charge in [0, 0.05) is 40.5 Å². The Morgan fingerprint density at radius 1 is 1.00 bits per heavy atom. The third-order valence-electron chi connectivity index (χ3n) is 2.80. The quantitative estimate of drug-likeness (QED) is 0.650. The van der Waals surface area contributed by atoms with Crippen LogP contribution in [0.15, 0.2) is 46.9 Å². The summed E-state index contributed by atoms with van der Waals surface area (Å²) in [5, 5.41) is 24.5. The number of hydrogen-bond acceptors (Lipinski definition) is 5. The molecule has 21 heavy (non-hydrogen) atoms. The summed E-state index contributed by atoms with van der Waals surface area (Å²) in [6.45, 7) is 0.244. The molecule has 0 bridgehead atoms. The number of benzene rings is 2. The van der Waals surface area contributed by atoms with Crippen LogP contribution in [0.25, 0.3) is 0 Å². The van der Waals surface area contributed by atoms with E-state index in [9.17, 15) is 20.2 Å². The van der Waals surface area contributed by atoms with E-state index in [2.05, 4.69) is 21.2 Å². The number of hydrogen-bond donors (Lipinski definition) is 1. The fourth-order valence-corrected chi connectivity index (χ4v) is 2.18. The number of halogens is 1. The highest BCUT2D eigenvalue weighted by Crippen LogP contribution is 2.24. The molecule has 8 heteroatoms. The average molecular weight is 352 g/mol. The van der Waals surface area contributed by atoms with Crippen LogP contribution in [0.1, 0.15) is 5.56 Å². The highest BCUT2D eigenvalue weighted by Gasteiger charge is 2.13. The Labute approximate surface area is 128 Å². The maximum absolute atomic E-state index is 11.0. The molecule has 0 heterocycles. The Morgan fingerprint density at radius 2 is 1.67 bits per heavy atom. The van der Waals surface area contributed by atoms with E-state index in [4.69, 9.17) is 0 Å². The van der Waals surface area contributed by atoms with Gasteiger partial charge in [-0.05, 0) is 24.3 Å². The molecule has 108 valence electrons. The molecule has 1 N–H and O–H groups in total. The molecule has 0 atom stereocenters. The van der Waals surface area contributed by atoms with E-state index in [-0.39, 0.29) is 17.9 Å². The largest absolute Gasteiger partial charge is 0.381 e. The molecule has 0 fully saturated rings. The minimum atomic E-state index is -0.483. The molecule has 0 aliphatic rings. The van der Waals surface area contributed by atoms with Crippen LogP contribution in [-0.4, -0.2) is 9.85 Å². The van der Waals surface area contributed by atoms with Crippen molar-refractivity contribution in [2.24, 2.45) is 0 Å². The summed E-state index contributed by atoms with van der Waals surface area (Å²) < 4.78 is 0.744. The van der Waals surface area contributed by atoms with Gasteiger partial charge in [0.05, 0.1) is 9.85 Å². The molecule has 0 unspecified atom stereocenters. The standard InChI is InChI=1S/C13H10BrN3O4/c14-10-1-6-13(17(20)21)9(7-10)8-15-11-2-4-12(5-3-11)16(18)19/h1-7,15H,8H2. The van der Waals surface area contributed by atoms with Crippen LogP contribution in [-0.2, 0) is 6.54 Å². The summed E-state index contributed by atoms with van der Waals surface area (Å²) in [5.74, 6) is 0. The maximum atomic E-state index is 11.0. The van der Waals surface area contributed by atoms with Crippen LogP contribution < -0.4 is 5.32 Å². The highest BCUT2D eigenvalue weighted by molar-refractivity contribution is 9.10. The van der Waals surface area contributed by atoms with Gasteiger partial charge in [-0.15, -0.1) is 0 Å². The van der Waals surface area contributed by atoms with E-state index in [0.29, 0.717) is 11.3 Å². The van der Waals surface area contributed by atoms with Gasteiger partial charge in [-0.3, -0.25) is 20.2 Å². The van der Waals surface area contributed by atoms with Crippen LogP contribution >= 0.6 is 15.9 Å². The predicted molar refractivity (Wildman–Crippen MR) is 81.2 cm³/mol. The molecule has 2 aromatic rings. The lowest BCUT2D eigenvalue weighted by molar-refractivity contribution is -0.385. The summed E-state index contributed by atoms with van der Waals surface area (Å²) in [4.78, 5) is 20.6. The number of non-ortho nitro benzene ring substituents is 1. The molecule has 2 aromatic carbocycles. The first-order chi connectivity index (χ1) is 9.97. The van der Waals surface area contributed by atoms with E-state index < -0.39 is 9.85 Å². The lowest BCUT2D eigenvalue weighted by Crippen LogP contribution is -2.03. The van der Waals surface area contributed by atoms with Gasteiger partial charge in [-0.25, -0.2) is 0 Å². The zero-order valence-electron chi connectivity index (χ0n) is 10.7. The monoisotopic (exact) mass is 351 g/mol. The molecule has 0 spiro atoms. The first-order valence-corrected chi connectivity index (χ1v) is 6.68.